The van der Waals surface area contributed by atoms with Gasteiger partial charge in [0.1, 0.15) is 5.57 Å². The van der Waals surface area contributed by atoms with Gasteiger partial charge in [-0.3, -0.25) is 25.1 Å². The van der Waals surface area contributed by atoms with Gasteiger partial charge in [0, 0.05) is 6.07 Å². The lowest BCUT2D eigenvalue weighted by Crippen LogP contribution is -2.35. The lowest BCUT2D eigenvalue weighted by Gasteiger charge is -2.14. The molecule has 0 aliphatic carbocycles. The zero-order valence-corrected chi connectivity index (χ0v) is 16.2. The molecular weight excluding hydrogens is 410 g/mol. The van der Waals surface area contributed by atoms with Crippen molar-refractivity contribution in [3.63, 3.8) is 0 Å². The number of carbonyl (C=O) groups is 3. The maximum Gasteiger partial charge on any atom is 0.341 e. The summed E-state index contributed by atoms with van der Waals surface area (Å²) in [6.45, 7) is 0.930. The molecule has 2 N–H and O–H groups in total. The third-order valence-corrected chi connectivity index (χ3v) is 4.11. The highest BCUT2D eigenvalue weighted by Gasteiger charge is 2.34. The molecule has 2 amide bonds. The molecule has 1 fully saturated rings. The van der Waals surface area contributed by atoms with E-state index in [0.717, 1.165) is 11.1 Å². The Morgan fingerprint density at radius 2 is 1.94 bits per heavy atom. The molecule has 2 aromatic rings. The predicted octanol–water partition coefficient (Wildman–Crippen LogP) is 1.92. The molecule has 0 radical (unpaired) electrons. The van der Waals surface area contributed by atoms with Crippen LogP contribution in [0.15, 0.2) is 48.0 Å². The SMILES string of the molecule is CCOc1cc(C=C2C(=O)NN(c3ccccc3)C2=O)cc([N+](=O)[O-])c1OCC(=O)O. The highest BCUT2D eigenvalue weighted by Crippen LogP contribution is 2.39. The molecule has 31 heavy (non-hydrogen) atoms. The summed E-state index contributed by atoms with van der Waals surface area (Å²) >= 11 is 0. The standard InChI is InChI=1S/C20H17N3O8/c1-2-30-16-10-12(9-15(23(28)29)18(16)31-11-17(24)25)8-14-19(26)21-22(20(14)27)13-6-4-3-5-7-13/h3-10H,2,11H2,1H3,(H,21,26)(H,24,25). The smallest absolute Gasteiger partial charge is 0.341 e. The number of carboxylic acids is 1. The summed E-state index contributed by atoms with van der Waals surface area (Å²) in [6.07, 6.45) is 1.19. The number of rotatable bonds is 8. The van der Waals surface area contributed by atoms with Crippen LogP contribution in [0.25, 0.3) is 6.08 Å². The van der Waals surface area contributed by atoms with Crippen molar-refractivity contribution < 1.29 is 33.9 Å². The molecule has 1 saturated heterocycles. The van der Waals surface area contributed by atoms with E-state index in [-0.39, 0.29) is 29.2 Å². The summed E-state index contributed by atoms with van der Waals surface area (Å²) in [5.41, 5.74) is 2.21. The Morgan fingerprint density at radius 3 is 2.55 bits per heavy atom. The van der Waals surface area contributed by atoms with Crippen LogP contribution in [0.2, 0.25) is 0 Å². The maximum atomic E-state index is 12.7. The maximum absolute atomic E-state index is 12.7. The van der Waals surface area contributed by atoms with Gasteiger partial charge in [0.25, 0.3) is 11.8 Å². The van der Waals surface area contributed by atoms with Crippen LogP contribution in [0.5, 0.6) is 11.5 Å². The summed E-state index contributed by atoms with van der Waals surface area (Å²) in [7, 11) is 0. The number of nitro groups is 1. The van der Waals surface area contributed by atoms with E-state index in [2.05, 4.69) is 5.43 Å². The molecule has 11 nitrogen and oxygen atoms in total. The third kappa shape index (κ3) is 4.61. The lowest BCUT2D eigenvalue weighted by atomic mass is 10.1. The molecule has 0 saturated carbocycles. The first kappa shape index (κ1) is 21.3. The van der Waals surface area contributed by atoms with Gasteiger partial charge in [-0.1, -0.05) is 18.2 Å². The molecule has 0 atom stereocenters. The Labute approximate surface area is 175 Å². The van der Waals surface area contributed by atoms with Crippen molar-refractivity contribution in [1.29, 1.82) is 0 Å². The van der Waals surface area contributed by atoms with Gasteiger partial charge in [-0.05, 0) is 36.8 Å². The summed E-state index contributed by atoms with van der Waals surface area (Å²) in [5, 5.41) is 21.4. The second kappa shape index (κ2) is 8.95. The van der Waals surface area contributed by atoms with E-state index in [1.165, 1.54) is 12.1 Å². The van der Waals surface area contributed by atoms with Crippen LogP contribution in [-0.2, 0) is 14.4 Å². The van der Waals surface area contributed by atoms with Gasteiger partial charge in [-0.2, -0.15) is 0 Å². The van der Waals surface area contributed by atoms with Crippen LogP contribution < -0.4 is 19.9 Å². The number of hydrogen-bond donors (Lipinski definition) is 2. The average molecular weight is 427 g/mol. The van der Waals surface area contributed by atoms with Gasteiger partial charge in [0.15, 0.2) is 12.4 Å². The van der Waals surface area contributed by atoms with E-state index in [4.69, 9.17) is 14.6 Å². The highest BCUT2D eigenvalue weighted by atomic mass is 16.6. The summed E-state index contributed by atoms with van der Waals surface area (Å²) in [6, 6.07) is 10.8. The number of nitrogens with zero attached hydrogens (tertiary/aromatic N) is 2. The molecule has 0 aromatic heterocycles. The van der Waals surface area contributed by atoms with Crippen molar-refractivity contribution in [1.82, 2.24) is 5.43 Å². The minimum atomic E-state index is -1.32. The number of aliphatic carboxylic acids is 1. The fourth-order valence-corrected chi connectivity index (χ4v) is 2.85. The van der Waals surface area contributed by atoms with Crippen LogP contribution in [0.1, 0.15) is 12.5 Å². The number of carboxylic acid groups (broad SMARTS) is 1. The Hall–Kier alpha value is -4.41. The number of nitrogens with one attached hydrogen (secondary N) is 1. The first-order valence-corrected chi connectivity index (χ1v) is 9.03. The zero-order valence-electron chi connectivity index (χ0n) is 16.2. The van der Waals surface area contributed by atoms with Crippen molar-refractivity contribution in [3.8, 4) is 11.5 Å². The third-order valence-electron chi connectivity index (χ3n) is 4.11. The van der Waals surface area contributed by atoms with Crippen LogP contribution in [0.3, 0.4) is 0 Å². The van der Waals surface area contributed by atoms with Crippen LogP contribution in [0.4, 0.5) is 11.4 Å². The number of hydrazine groups is 1. The molecule has 1 heterocycles. The molecular formula is C20H17N3O8. The zero-order chi connectivity index (χ0) is 22.5. The quantitative estimate of drug-likeness (QED) is 0.281. The van der Waals surface area contributed by atoms with E-state index in [0.29, 0.717) is 5.69 Å². The first-order valence-electron chi connectivity index (χ1n) is 9.03. The number of anilines is 1. The number of amides is 2. The summed E-state index contributed by atoms with van der Waals surface area (Å²) in [5.74, 6) is -3.08. The topological polar surface area (TPSA) is 148 Å². The second-order valence-electron chi connectivity index (χ2n) is 6.21. The molecule has 0 bridgehead atoms. The van der Waals surface area contributed by atoms with Crippen molar-refractivity contribution in [3.05, 3.63) is 63.7 Å². The van der Waals surface area contributed by atoms with Gasteiger partial charge in [-0.15, -0.1) is 0 Å². The molecule has 2 aromatic carbocycles. The van der Waals surface area contributed by atoms with E-state index >= 15 is 0 Å². The van der Waals surface area contributed by atoms with Gasteiger partial charge in [-0.25, -0.2) is 9.80 Å². The van der Waals surface area contributed by atoms with Crippen LogP contribution in [-0.4, -0.2) is 41.0 Å². The van der Waals surface area contributed by atoms with Crippen molar-refractivity contribution in [2.45, 2.75) is 6.92 Å². The monoisotopic (exact) mass is 427 g/mol. The molecule has 11 heteroatoms. The average Bonchev–Trinajstić information content (AvgIpc) is 3.01. The molecule has 160 valence electrons. The lowest BCUT2D eigenvalue weighted by molar-refractivity contribution is -0.385. The van der Waals surface area contributed by atoms with Gasteiger partial charge in [0.2, 0.25) is 5.75 Å². The second-order valence-corrected chi connectivity index (χ2v) is 6.21. The molecule has 1 aliphatic rings. The number of nitro benzene ring substituents is 1. The fraction of sp³-hybridized carbons (Fsp3) is 0.150. The number of hydrogen-bond acceptors (Lipinski definition) is 7. The molecule has 0 unspecified atom stereocenters. The minimum Gasteiger partial charge on any atom is -0.490 e. The van der Waals surface area contributed by atoms with Crippen molar-refractivity contribution in [2.24, 2.45) is 0 Å². The van der Waals surface area contributed by atoms with Gasteiger partial charge < -0.3 is 14.6 Å². The van der Waals surface area contributed by atoms with E-state index in [1.807, 2.05) is 0 Å². The normalized spacial score (nSPS) is 14.5. The Bertz CT molecular complexity index is 1080. The van der Waals surface area contributed by atoms with Crippen LogP contribution in [0, 0.1) is 10.1 Å². The van der Waals surface area contributed by atoms with E-state index in [9.17, 15) is 24.5 Å². The first-order chi connectivity index (χ1) is 14.8. The van der Waals surface area contributed by atoms with Crippen LogP contribution >= 0.6 is 0 Å². The molecule has 1 aliphatic heterocycles. The number of ether oxygens (including phenoxy) is 2. The molecule has 3 rings (SSSR count). The van der Waals surface area contributed by atoms with E-state index < -0.39 is 35.0 Å². The highest BCUT2D eigenvalue weighted by molar-refractivity contribution is 6.31. The summed E-state index contributed by atoms with van der Waals surface area (Å²) in [4.78, 5) is 46.6. The van der Waals surface area contributed by atoms with Gasteiger partial charge >= 0.3 is 11.7 Å². The van der Waals surface area contributed by atoms with Crippen molar-refractivity contribution >= 4 is 35.2 Å². The van der Waals surface area contributed by atoms with Gasteiger partial charge in [0.05, 0.1) is 17.2 Å². The Morgan fingerprint density at radius 1 is 1.23 bits per heavy atom. The summed E-state index contributed by atoms with van der Waals surface area (Å²) < 4.78 is 10.4. The number of carbonyl (C=O) groups excluding carboxylic acids is 2. The minimum absolute atomic E-state index is 0.0874. The number of para-hydroxylation sites is 1. The van der Waals surface area contributed by atoms with Crippen molar-refractivity contribution in [2.75, 3.05) is 18.2 Å². The predicted molar refractivity (Wildman–Crippen MR) is 107 cm³/mol. The Kier molecular flexibility index (Phi) is 6.15. The van der Waals surface area contributed by atoms with E-state index in [1.54, 1.807) is 37.3 Å². The fourth-order valence-electron chi connectivity index (χ4n) is 2.85. The largest absolute Gasteiger partial charge is 0.490 e. The molecule has 0 spiro atoms. The number of benzene rings is 2. The Balaban J connectivity index is 2.03.